The van der Waals surface area contributed by atoms with Gasteiger partial charge in [0.05, 0.1) is 0 Å². The summed E-state index contributed by atoms with van der Waals surface area (Å²) in [5.41, 5.74) is 0.0756. The van der Waals surface area contributed by atoms with Gasteiger partial charge in [0.2, 0.25) is 5.78 Å². The number of para-hydroxylation sites is 1. The highest BCUT2D eigenvalue weighted by Crippen LogP contribution is 2.29. The van der Waals surface area contributed by atoms with Crippen molar-refractivity contribution in [3.8, 4) is 0 Å². The summed E-state index contributed by atoms with van der Waals surface area (Å²) >= 11 is 0. The van der Waals surface area contributed by atoms with Gasteiger partial charge in [-0.25, -0.2) is 4.39 Å². The molecule has 4 heteroatoms. The zero-order chi connectivity index (χ0) is 14.1. The van der Waals surface area contributed by atoms with E-state index in [1.54, 1.807) is 12.1 Å². The highest BCUT2D eigenvalue weighted by molar-refractivity contribution is 6.00. The van der Waals surface area contributed by atoms with Crippen LogP contribution in [0.4, 0.5) is 4.39 Å². The Morgan fingerprint density at radius 3 is 2.75 bits per heavy atom. The first-order valence-corrected chi connectivity index (χ1v) is 7.07. The van der Waals surface area contributed by atoms with Crippen LogP contribution in [0.15, 0.2) is 28.7 Å². The number of Topliss-reactive ketones (excluding diaryl/α,β-unsaturated/α-hetero) is 1. The van der Waals surface area contributed by atoms with Gasteiger partial charge >= 0.3 is 0 Å². The Morgan fingerprint density at radius 1 is 1.30 bits per heavy atom. The van der Waals surface area contributed by atoms with Crippen molar-refractivity contribution in [1.82, 2.24) is 0 Å². The smallest absolute Gasteiger partial charge is 0.226 e. The van der Waals surface area contributed by atoms with Gasteiger partial charge < -0.3 is 9.52 Å². The highest BCUT2D eigenvalue weighted by atomic mass is 19.1. The molecule has 0 aliphatic heterocycles. The fourth-order valence-electron chi connectivity index (χ4n) is 2.96. The molecule has 1 N–H and O–H groups in total. The standard InChI is InChI=1S/C16H17FO3/c17-12-8-4-7-11-9-13(20-16(11)12)15(19)14(18)10-5-2-1-3-6-10/h4,7-10,14,18H,1-3,5-6H2. The Balaban J connectivity index is 1.86. The number of aliphatic hydroxyl groups is 1. The van der Waals surface area contributed by atoms with Crippen LogP contribution in [-0.4, -0.2) is 17.0 Å². The molecule has 1 aliphatic carbocycles. The van der Waals surface area contributed by atoms with E-state index in [4.69, 9.17) is 4.42 Å². The van der Waals surface area contributed by atoms with Crippen LogP contribution in [0.1, 0.15) is 42.7 Å². The fraction of sp³-hybridized carbons (Fsp3) is 0.438. The van der Waals surface area contributed by atoms with Crippen LogP contribution in [0, 0.1) is 11.7 Å². The molecular weight excluding hydrogens is 259 g/mol. The van der Waals surface area contributed by atoms with Crippen molar-refractivity contribution >= 4 is 16.8 Å². The molecule has 0 amide bonds. The van der Waals surface area contributed by atoms with Crippen molar-refractivity contribution in [1.29, 1.82) is 0 Å². The van der Waals surface area contributed by atoms with E-state index in [-0.39, 0.29) is 17.3 Å². The molecule has 1 aromatic carbocycles. The van der Waals surface area contributed by atoms with Crippen LogP contribution in [0.2, 0.25) is 0 Å². The van der Waals surface area contributed by atoms with Gasteiger partial charge in [0.15, 0.2) is 17.2 Å². The molecule has 1 saturated carbocycles. The molecule has 0 bridgehead atoms. The molecule has 106 valence electrons. The fourth-order valence-corrected chi connectivity index (χ4v) is 2.96. The molecule has 0 spiro atoms. The Labute approximate surface area is 116 Å². The molecule has 0 saturated heterocycles. The molecule has 2 aromatic rings. The molecule has 0 radical (unpaired) electrons. The van der Waals surface area contributed by atoms with Gasteiger partial charge in [0, 0.05) is 5.39 Å². The molecule has 1 aromatic heterocycles. The summed E-state index contributed by atoms with van der Waals surface area (Å²) in [7, 11) is 0. The summed E-state index contributed by atoms with van der Waals surface area (Å²) in [6, 6.07) is 6.05. The maximum atomic E-state index is 13.6. The summed E-state index contributed by atoms with van der Waals surface area (Å²) in [6.07, 6.45) is 3.93. The summed E-state index contributed by atoms with van der Waals surface area (Å²) in [5.74, 6) is -0.890. The largest absolute Gasteiger partial charge is 0.450 e. The van der Waals surface area contributed by atoms with Gasteiger partial charge in [0.25, 0.3) is 0 Å². The summed E-state index contributed by atoms with van der Waals surface area (Å²) < 4.78 is 18.8. The van der Waals surface area contributed by atoms with E-state index in [1.807, 2.05) is 0 Å². The number of benzene rings is 1. The van der Waals surface area contributed by atoms with E-state index >= 15 is 0 Å². The molecule has 1 fully saturated rings. The van der Waals surface area contributed by atoms with E-state index in [2.05, 4.69) is 0 Å². The molecule has 3 nitrogen and oxygen atoms in total. The summed E-state index contributed by atoms with van der Waals surface area (Å²) in [5, 5.41) is 10.7. The lowest BCUT2D eigenvalue weighted by atomic mass is 9.83. The van der Waals surface area contributed by atoms with Crippen LogP contribution in [0.25, 0.3) is 11.0 Å². The predicted molar refractivity (Wildman–Crippen MR) is 73.1 cm³/mol. The number of rotatable bonds is 3. The van der Waals surface area contributed by atoms with Crippen molar-refractivity contribution in [2.24, 2.45) is 5.92 Å². The minimum atomic E-state index is -1.04. The van der Waals surface area contributed by atoms with Crippen LogP contribution in [0.5, 0.6) is 0 Å². The zero-order valence-electron chi connectivity index (χ0n) is 11.1. The number of aliphatic hydroxyl groups excluding tert-OH is 1. The summed E-state index contributed by atoms with van der Waals surface area (Å²) in [4.78, 5) is 12.3. The van der Waals surface area contributed by atoms with Crippen LogP contribution < -0.4 is 0 Å². The number of ketones is 1. The lowest BCUT2D eigenvalue weighted by Gasteiger charge is -2.24. The Kier molecular flexibility index (Phi) is 3.57. The van der Waals surface area contributed by atoms with Gasteiger partial charge in [-0.05, 0) is 30.9 Å². The van der Waals surface area contributed by atoms with E-state index in [0.29, 0.717) is 5.39 Å². The van der Waals surface area contributed by atoms with E-state index in [1.165, 1.54) is 12.1 Å². The minimum Gasteiger partial charge on any atom is -0.450 e. The van der Waals surface area contributed by atoms with Crippen LogP contribution >= 0.6 is 0 Å². The maximum absolute atomic E-state index is 13.6. The number of hydrogen-bond donors (Lipinski definition) is 1. The number of fused-ring (bicyclic) bond motifs is 1. The quantitative estimate of drug-likeness (QED) is 0.870. The monoisotopic (exact) mass is 276 g/mol. The first kappa shape index (κ1) is 13.3. The van der Waals surface area contributed by atoms with Gasteiger partial charge in [-0.1, -0.05) is 31.4 Å². The third kappa shape index (κ3) is 2.36. The van der Waals surface area contributed by atoms with Crippen molar-refractivity contribution < 1.29 is 18.7 Å². The molecule has 1 heterocycles. The Hall–Kier alpha value is -1.68. The molecule has 1 unspecified atom stereocenters. The first-order valence-electron chi connectivity index (χ1n) is 7.07. The Morgan fingerprint density at radius 2 is 2.05 bits per heavy atom. The maximum Gasteiger partial charge on any atom is 0.226 e. The number of halogens is 1. The lowest BCUT2D eigenvalue weighted by Crippen LogP contribution is -2.30. The number of furan rings is 1. The third-order valence-electron chi connectivity index (χ3n) is 4.10. The second-order valence-corrected chi connectivity index (χ2v) is 5.48. The highest BCUT2D eigenvalue weighted by Gasteiger charge is 2.30. The van der Waals surface area contributed by atoms with Crippen molar-refractivity contribution in [2.75, 3.05) is 0 Å². The van der Waals surface area contributed by atoms with Gasteiger partial charge in [-0.3, -0.25) is 4.79 Å². The molecule has 3 rings (SSSR count). The average molecular weight is 276 g/mol. The van der Waals surface area contributed by atoms with E-state index in [0.717, 1.165) is 32.1 Å². The molecule has 20 heavy (non-hydrogen) atoms. The topological polar surface area (TPSA) is 50.4 Å². The second-order valence-electron chi connectivity index (χ2n) is 5.48. The molecule has 1 aliphatic rings. The SMILES string of the molecule is O=C(c1cc2cccc(F)c2o1)C(O)C1CCCCC1. The van der Waals surface area contributed by atoms with Crippen molar-refractivity contribution in [3.63, 3.8) is 0 Å². The van der Waals surface area contributed by atoms with Crippen molar-refractivity contribution in [3.05, 3.63) is 35.8 Å². The number of hydrogen-bond acceptors (Lipinski definition) is 3. The minimum absolute atomic E-state index is 0.00527. The van der Waals surface area contributed by atoms with E-state index < -0.39 is 17.7 Å². The van der Waals surface area contributed by atoms with E-state index in [9.17, 15) is 14.3 Å². The van der Waals surface area contributed by atoms with Gasteiger partial charge in [-0.2, -0.15) is 0 Å². The van der Waals surface area contributed by atoms with Gasteiger partial charge in [-0.15, -0.1) is 0 Å². The summed E-state index contributed by atoms with van der Waals surface area (Å²) in [6.45, 7) is 0. The number of carbonyl (C=O) groups excluding carboxylic acids is 1. The third-order valence-corrected chi connectivity index (χ3v) is 4.10. The first-order chi connectivity index (χ1) is 9.66. The van der Waals surface area contributed by atoms with Crippen molar-refractivity contribution in [2.45, 2.75) is 38.2 Å². The second kappa shape index (κ2) is 5.37. The van der Waals surface area contributed by atoms with Crippen LogP contribution in [-0.2, 0) is 0 Å². The zero-order valence-corrected chi connectivity index (χ0v) is 11.1. The normalized spacial score (nSPS) is 18.3. The lowest BCUT2D eigenvalue weighted by molar-refractivity contribution is 0.0509. The van der Waals surface area contributed by atoms with Crippen LogP contribution in [0.3, 0.4) is 0 Å². The Bertz CT molecular complexity index is 626. The average Bonchev–Trinajstić information content (AvgIpc) is 2.92. The molecular formula is C16H17FO3. The predicted octanol–water partition coefficient (Wildman–Crippen LogP) is 3.70. The molecule has 1 atom stereocenters. The van der Waals surface area contributed by atoms with Gasteiger partial charge in [0.1, 0.15) is 6.10 Å². The number of carbonyl (C=O) groups is 1.